The van der Waals surface area contributed by atoms with Crippen LogP contribution in [-0.4, -0.2) is 31.1 Å². The van der Waals surface area contributed by atoms with E-state index in [1.165, 1.54) is 6.26 Å². The Morgan fingerprint density at radius 3 is 2.30 bits per heavy atom. The fourth-order valence-electron chi connectivity index (χ4n) is 0.266. The van der Waals surface area contributed by atoms with Crippen LogP contribution in [0, 0.1) is 0 Å². The van der Waals surface area contributed by atoms with Gasteiger partial charge in [-0.2, -0.15) is 0 Å². The summed E-state index contributed by atoms with van der Waals surface area (Å²) < 4.78 is 4.94. The summed E-state index contributed by atoms with van der Waals surface area (Å²) in [7, 11) is 5.79. The van der Waals surface area contributed by atoms with Gasteiger partial charge in [0.25, 0.3) is 0 Å². The van der Waals surface area contributed by atoms with Gasteiger partial charge in [0.2, 0.25) is 0 Å². The number of ether oxygens (including phenoxy) is 1. The molecule has 10 heavy (non-hydrogen) atoms. The molecule has 0 saturated heterocycles. The summed E-state index contributed by atoms with van der Waals surface area (Å²) in [4.78, 5) is 10.0. The lowest BCUT2D eigenvalue weighted by atomic mass is 10.7. The SMILES string of the molecule is C[N+](C)(C)C=COC(=O)Cl. The second kappa shape index (κ2) is 3.58. The van der Waals surface area contributed by atoms with Crippen molar-refractivity contribution in [1.82, 2.24) is 0 Å². The van der Waals surface area contributed by atoms with E-state index in [-0.39, 0.29) is 0 Å². The lowest BCUT2D eigenvalue weighted by Crippen LogP contribution is -2.26. The van der Waals surface area contributed by atoms with E-state index in [1.807, 2.05) is 21.1 Å². The summed E-state index contributed by atoms with van der Waals surface area (Å²) in [5, 5.41) is 0. The average molecular weight is 165 g/mol. The molecular formula is C6H11ClNO2+. The minimum Gasteiger partial charge on any atom is -0.417 e. The van der Waals surface area contributed by atoms with Gasteiger partial charge < -0.3 is 9.22 Å². The number of hydrogen-bond acceptors (Lipinski definition) is 2. The summed E-state index contributed by atoms with van der Waals surface area (Å²) in [6, 6.07) is 0. The quantitative estimate of drug-likeness (QED) is 0.352. The lowest BCUT2D eigenvalue weighted by Gasteiger charge is -2.16. The number of quaternary nitrogens is 1. The zero-order valence-electron chi connectivity index (χ0n) is 6.30. The van der Waals surface area contributed by atoms with Crippen LogP contribution in [0.5, 0.6) is 0 Å². The number of halogens is 1. The van der Waals surface area contributed by atoms with Crippen molar-refractivity contribution in [2.75, 3.05) is 21.1 Å². The number of nitrogens with zero attached hydrogens (tertiary/aromatic N) is 1. The standard InChI is InChI=1S/C6H11ClNO2/c1-8(2,3)4-5-10-6(7)9/h4-5H,1-3H3/q+1. The molecule has 3 nitrogen and oxygen atoms in total. The van der Waals surface area contributed by atoms with Crippen molar-refractivity contribution < 1.29 is 14.0 Å². The van der Waals surface area contributed by atoms with E-state index < -0.39 is 5.43 Å². The van der Waals surface area contributed by atoms with Crippen LogP contribution in [0.15, 0.2) is 12.5 Å². The molecular weight excluding hydrogens is 154 g/mol. The molecule has 0 aromatic heterocycles. The number of carbonyl (C=O) groups is 1. The van der Waals surface area contributed by atoms with Crippen LogP contribution in [0.3, 0.4) is 0 Å². The van der Waals surface area contributed by atoms with Crippen molar-refractivity contribution in [3.8, 4) is 0 Å². The first-order chi connectivity index (χ1) is 4.42. The summed E-state index contributed by atoms with van der Waals surface area (Å²) in [5.74, 6) is 0. The highest BCUT2D eigenvalue weighted by Gasteiger charge is 2.00. The van der Waals surface area contributed by atoms with Crippen LogP contribution >= 0.6 is 11.6 Å². The van der Waals surface area contributed by atoms with E-state index >= 15 is 0 Å². The third kappa shape index (κ3) is 7.46. The summed E-state index contributed by atoms with van der Waals surface area (Å²) in [6.45, 7) is 0. The van der Waals surface area contributed by atoms with E-state index in [4.69, 9.17) is 11.6 Å². The van der Waals surface area contributed by atoms with Crippen molar-refractivity contribution >= 4 is 17.0 Å². The molecule has 0 rings (SSSR count). The normalized spacial score (nSPS) is 12.0. The fourth-order valence-corrected chi connectivity index (χ4v) is 0.318. The predicted octanol–water partition coefficient (Wildman–Crippen LogP) is 1.54. The van der Waals surface area contributed by atoms with Crippen molar-refractivity contribution in [3.63, 3.8) is 0 Å². The van der Waals surface area contributed by atoms with Gasteiger partial charge in [0.1, 0.15) is 12.5 Å². The van der Waals surface area contributed by atoms with Crippen molar-refractivity contribution in [3.05, 3.63) is 12.5 Å². The van der Waals surface area contributed by atoms with E-state index in [9.17, 15) is 4.79 Å². The van der Waals surface area contributed by atoms with Crippen LogP contribution in [0.1, 0.15) is 0 Å². The van der Waals surface area contributed by atoms with Gasteiger partial charge in [0, 0.05) is 11.6 Å². The highest BCUT2D eigenvalue weighted by atomic mass is 35.5. The van der Waals surface area contributed by atoms with Gasteiger partial charge in [0.05, 0.1) is 21.1 Å². The molecule has 0 unspecified atom stereocenters. The van der Waals surface area contributed by atoms with Crippen LogP contribution in [0.25, 0.3) is 0 Å². The Balaban J connectivity index is 3.67. The van der Waals surface area contributed by atoms with Crippen LogP contribution in [0.2, 0.25) is 0 Å². The topological polar surface area (TPSA) is 26.3 Å². The Morgan fingerprint density at radius 1 is 1.50 bits per heavy atom. The Bertz CT molecular complexity index is 148. The molecule has 0 saturated carbocycles. The molecule has 0 aromatic rings. The maximum atomic E-state index is 10.0. The molecule has 0 atom stereocenters. The number of carbonyl (C=O) groups excluding carboxylic acids is 1. The largest absolute Gasteiger partial charge is 0.417 e. The second-order valence-corrected chi connectivity index (χ2v) is 3.07. The highest BCUT2D eigenvalue weighted by Crippen LogP contribution is 1.93. The molecule has 0 fully saturated rings. The first-order valence-electron chi connectivity index (χ1n) is 2.77. The molecule has 0 N–H and O–H groups in total. The van der Waals surface area contributed by atoms with Gasteiger partial charge in [-0.05, 0) is 0 Å². The molecule has 0 spiro atoms. The molecule has 0 amide bonds. The maximum absolute atomic E-state index is 10.0. The molecule has 0 bridgehead atoms. The van der Waals surface area contributed by atoms with Crippen molar-refractivity contribution in [1.29, 1.82) is 0 Å². The van der Waals surface area contributed by atoms with Gasteiger partial charge in [-0.25, -0.2) is 4.79 Å². The third-order valence-corrected chi connectivity index (χ3v) is 0.758. The first-order valence-corrected chi connectivity index (χ1v) is 3.14. The Kier molecular flexibility index (Phi) is 3.39. The zero-order chi connectivity index (χ0) is 8.20. The first kappa shape index (κ1) is 9.46. The summed E-state index contributed by atoms with van der Waals surface area (Å²) in [6.07, 6.45) is 2.97. The molecule has 0 aliphatic rings. The molecule has 0 aliphatic heterocycles. The maximum Gasteiger partial charge on any atom is 0.408 e. The van der Waals surface area contributed by atoms with Crippen molar-refractivity contribution in [2.24, 2.45) is 0 Å². The Morgan fingerprint density at radius 2 is 2.00 bits per heavy atom. The van der Waals surface area contributed by atoms with E-state index in [2.05, 4.69) is 4.74 Å². The van der Waals surface area contributed by atoms with Crippen molar-refractivity contribution in [2.45, 2.75) is 0 Å². The summed E-state index contributed by atoms with van der Waals surface area (Å²) >= 11 is 4.89. The molecule has 0 aromatic carbocycles. The van der Waals surface area contributed by atoms with Gasteiger partial charge in [-0.3, -0.25) is 0 Å². The smallest absolute Gasteiger partial charge is 0.408 e. The second-order valence-electron chi connectivity index (χ2n) is 2.76. The predicted molar refractivity (Wildman–Crippen MR) is 39.5 cm³/mol. The van der Waals surface area contributed by atoms with Crippen LogP contribution < -0.4 is 0 Å². The minimum absolute atomic E-state index is 0.587. The molecule has 58 valence electrons. The number of hydrogen-bond donors (Lipinski definition) is 0. The monoisotopic (exact) mass is 164 g/mol. The highest BCUT2D eigenvalue weighted by molar-refractivity contribution is 6.61. The van der Waals surface area contributed by atoms with Gasteiger partial charge in [-0.1, -0.05) is 0 Å². The zero-order valence-corrected chi connectivity index (χ0v) is 7.05. The van der Waals surface area contributed by atoms with E-state index in [0.717, 1.165) is 0 Å². The minimum atomic E-state index is -0.815. The molecule has 0 heterocycles. The van der Waals surface area contributed by atoms with Crippen LogP contribution in [-0.2, 0) is 4.74 Å². The summed E-state index contributed by atoms with van der Waals surface area (Å²) in [5.41, 5.74) is -0.815. The van der Waals surface area contributed by atoms with Gasteiger partial charge >= 0.3 is 5.43 Å². The van der Waals surface area contributed by atoms with E-state index in [1.54, 1.807) is 6.20 Å². The van der Waals surface area contributed by atoms with Crippen LogP contribution in [0.4, 0.5) is 4.79 Å². The van der Waals surface area contributed by atoms with E-state index in [0.29, 0.717) is 4.48 Å². The Labute approximate surface area is 65.4 Å². The van der Waals surface area contributed by atoms with Gasteiger partial charge in [0.15, 0.2) is 0 Å². The molecule has 0 aliphatic carbocycles. The molecule has 0 radical (unpaired) electrons. The molecule has 4 heteroatoms. The fraction of sp³-hybridized carbons (Fsp3) is 0.500. The lowest BCUT2D eigenvalue weighted by molar-refractivity contribution is -0.817. The average Bonchev–Trinajstić information content (AvgIpc) is 1.59. The third-order valence-electron chi connectivity index (χ3n) is 0.669. The van der Waals surface area contributed by atoms with Gasteiger partial charge in [-0.15, -0.1) is 0 Å². The number of rotatable bonds is 2. The Hall–Kier alpha value is -0.540.